The standard InChI is InChI=1S/C12H8INO/c13-8-4-3-6-10-12(8)15-11-7-2-1-5-9(11)14-10/h1-7,14H. The molecule has 0 saturated heterocycles. The molecule has 0 bridgehead atoms. The van der Waals surface area contributed by atoms with Crippen molar-refractivity contribution >= 4 is 34.0 Å². The Balaban J connectivity index is 2.15. The molecule has 0 saturated carbocycles. The van der Waals surface area contributed by atoms with Crippen LogP contribution >= 0.6 is 22.6 Å². The Bertz CT molecular complexity index is 525. The van der Waals surface area contributed by atoms with Gasteiger partial charge in [0.05, 0.1) is 14.9 Å². The Hall–Kier alpha value is -1.23. The number of hydrogen-bond donors (Lipinski definition) is 1. The van der Waals surface area contributed by atoms with E-state index < -0.39 is 0 Å². The molecule has 0 fully saturated rings. The van der Waals surface area contributed by atoms with Crippen LogP contribution in [0.25, 0.3) is 0 Å². The first-order valence-corrected chi connectivity index (χ1v) is 5.75. The minimum absolute atomic E-state index is 0.883. The SMILES string of the molecule is Ic1cccc2c1Oc1ccccc1N2. The molecule has 0 unspecified atom stereocenters. The fourth-order valence-corrected chi connectivity index (χ4v) is 2.23. The molecule has 1 aliphatic heterocycles. The van der Waals surface area contributed by atoms with Gasteiger partial charge in [-0.15, -0.1) is 0 Å². The summed E-state index contributed by atoms with van der Waals surface area (Å²) in [6.07, 6.45) is 0. The van der Waals surface area contributed by atoms with Crippen LogP contribution in [0.5, 0.6) is 11.5 Å². The van der Waals surface area contributed by atoms with Gasteiger partial charge < -0.3 is 10.1 Å². The zero-order valence-corrected chi connectivity index (χ0v) is 9.99. The molecule has 0 radical (unpaired) electrons. The van der Waals surface area contributed by atoms with E-state index in [9.17, 15) is 0 Å². The highest BCUT2D eigenvalue weighted by Gasteiger charge is 2.17. The van der Waals surface area contributed by atoms with Crippen molar-refractivity contribution in [3.05, 3.63) is 46.0 Å². The van der Waals surface area contributed by atoms with E-state index in [-0.39, 0.29) is 0 Å². The summed E-state index contributed by atoms with van der Waals surface area (Å²) in [5.41, 5.74) is 2.05. The molecular weight excluding hydrogens is 301 g/mol. The second-order valence-electron chi connectivity index (χ2n) is 3.34. The number of anilines is 2. The second-order valence-corrected chi connectivity index (χ2v) is 4.50. The van der Waals surface area contributed by atoms with Gasteiger partial charge in [0.2, 0.25) is 0 Å². The Kier molecular flexibility index (Phi) is 2.05. The van der Waals surface area contributed by atoms with Gasteiger partial charge in [-0.3, -0.25) is 0 Å². The van der Waals surface area contributed by atoms with Gasteiger partial charge in [0, 0.05) is 0 Å². The molecule has 0 aliphatic carbocycles. The van der Waals surface area contributed by atoms with Crippen molar-refractivity contribution in [1.29, 1.82) is 0 Å². The zero-order chi connectivity index (χ0) is 10.3. The van der Waals surface area contributed by atoms with Crippen molar-refractivity contribution in [3.63, 3.8) is 0 Å². The van der Waals surface area contributed by atoms with Crippen molar-refractivity contribution in [3.8, 4) is 11.5 Å². The number of fused-ring (bicyclic) bond motifs is 2. The first-order chi connectivity index (χ1) is 7.34. The van der Waals surface area contributed by atoms with Gasteiger partial charge in [-0.25, -0.2) is 0 Å². The summed E-state index contributed by atoms with van der Waals surface area (Å²) in [7, 11) is 0. The van der Waals surface area contributed by atoms with Crippen LogP contribution in [-0.4, -0.2) is 0 Å². The van der Waals surface area contributed by atoms with Gasteiger partial charge >= 0.3 is 0 Å². The zero-order valence-electron chi connectivity index (χ0n) is 7.83. The van der Waals surface area contributed by atoms with Gasteiger partial charge in [-0.2, -0.15) is 0 Å². The Morgan fingerprint density at radius 3 is 2.67 bits per heavy atom. The molecule has 1 N–H and O–H groups in total. The molecule has 3 heteroatoms. The molecule has 2 aromatic rings. The van der Waals surface area contributed by atoms with E-state index in [1.165, 1.54) is 0 Å². The maximum Gasteiger partial charge on any atom is 0.164 e. The maximum absolute atomic E-state index is 5.84. The van der Waals surface area contributed by atoms with E-state index in [1.54, 1.807) is 0 Å². The third-order valence-electron chi connectivity index (χ3n) is 2.34. The van der Waals surface area contributed by atoms with E-state index >= 15 is 0 Å². The Morgan fingerprint density at radius 2 is 1.73 bits per heavy atom. The molecular formula is C12H8INO. The fourth-order valence-electron chi connectivity index (χ4n) is 1.62. The lowest BCUT2D eigenvalue weighted by atomic mass is 10.2. The van der Waals surface area contributed by atoms with E-state index in [4.69, 9.17) is 4.74 Å². The van der Waals surface area contributed by atoms with Crippen LogP contribution in [0.2, 0.25) is 0 Å². The highest BCUT2D eigenvalue weighted by molar-refractivity contribution is 14.1. The van der Waals surface area contributed by atoms with Gasteiger partial charge in [0.25, 0.3) is 0 Å². The van der Waals surface area contributed by atoms with Crippen molar-refractivity contribution in [1.82, 2.24) is 0 Å². The van der Waals surface area contributed by atoms with E-state index in [0.717, 1.165) is 26.4 Å². The third kappa shape index (κ3) is 1.47. The third-order valence-corrected chi connectivity index (χ3v) is 3.18. The van der Waals surface area contributed by atoms with Crippen molar-refractivity contribution in [2.24, 2.45) is 0 Å². The summed E-state index contributed by atoms with van der Waals surface area (Å²) in [4.78, 5) is 0. The first-order valence-electron chi connectivity index (χ1n) is 4.67. The van der Waals surface area contributed by atoms with Crippen LogP contribution < -0.4 is 10.1 Å². The molecule has 0 spiro atoms. The minimum atomic E-state index is 0.883. The predicted octanol–water partition coefficient (Wildman–Crippen LogP) is 4.14. The maximum atomic E-state index is 5.84. The number of nitrogens with one attached hydrogen (secondary N) is 1. The van der Waals surface area contributed by atoms with Crippen LogP contribution in [-0.2, 0) is 0 Å². The minimum Gasteiger partial charge on any atom is -0.452 e. The molecule has 0 atom stereocenters. The molecule has 2 nitrogen and oxygen atoms in total. The molecule has 2 aromatic carbocycles. The summed E-state index contributed by atoms with van der Waals surface area (Å²) >= 11 is 2.28. The van der Waals surface area contributed by atoms with E-state index in [0.29, 0.717) is 0 Å². The second kappa shape index (κ2) is 3.41. The Labute approximate surface area is 101 Å². The number of halogens is 1. The molecule has 1 heterocycles. The van der Waals surface area contributed by atoms with Gasteiger partial charge in [-0.05, 0) is 46.9 Å². The fraction of sp³-hybridized carbons (Fsp3) is 0. The number of benzene rings is 2. The highest BCUT2D eigenvalue weighted by atomic mass is 127. The van der Waals surface area contributed by atoms with Crippen molar-refractivity contribution in [2.45, 2.75) is 0 Å². The summed E-state index contributed by atoms with van der Waals surface area (Å²) in [5, 5.41) is 3.35. The number of hydrogen-bond acceptors (Lipinski definition) is 2. The smallest absolute Gasteiger partial charge is 0.164 e. The number of para-hydroxylation sites is 3. The first kappa shape index (κ1) is 9.03. The van der Waals surface area contributed by atoms with Crippen LogP contribution in [0, 0.1) is 3.57 Å². The quantitative estimate of drug-likeness (QED) is 0.630. The number of rotatable bonds is 0. The monoisotopic (exact) mass is 309 g/mol. The summed E-state index contributed by atoms with van der Waals surface area (Å²) in [5.74, 6) is 1.80. The van der Waals surface area contributed by atoms with Crippen LogP contribution in [0.15, 0.2) is 42.5 Å². The average Bonchev–Trinajstić information content (AvgIpc) is 2.27. The largest absolute Gasteiger partial charge is 0.452 e. The van der Waals surface area contributed by atoms with Crippen molar-refractivity contribution in [2.75, 3.05) is 5.32 Å². The van der Waals surface area contributed by atoms with Gasteiger partial charge in [-0.1, -0.05) is 18.2 Å². The predicted molar refractivity (Wildman–Crippen MR) is 69.0 cm³/mol. The molecule has 0 aromatic heterocycles. The van der Waals surface area contributed by atoms with E-state index in [1.807, 2.05) is 42.5 Å². The lowest BCUT2D eigenvalue weighted by molar-refractivity contribution is 0.478. The molecule has 74 valence electrons. The van der Waals surface area contributed by atoms with Crippen LogP contribution in [0.1, 0.15) is 0 Å². The van der Waals surface area contributed by atoms with E-state index in [2.05, 4.69) is 27.9 Å². The molecule has 0 amide bonds. The van der Waals surface area contributed by atoms with Crippen molar-refractivity contribution < 1.29 is 4.74 Å². The van der Waals surface area contributed by atoms with Crippen LogP contribution in [0.4, 0.5) is 11.4 Å². The van der Waals surface area contributed by atoms with Gasteiger partial charge in [0.1, 0.15) is 0 Å². The van der Waals surface area contributed by atoms with Crippen LogP contribution in [0.3, 0.4) is 0 Å². The lowest BCUT2D eigenvalue weighted by Crippen LogP contribution is -2.03. The Morgan fingerprint density at radius 1 is 0.933 bits per heavy atom. The summed E-state index contributed by atoms with van der Waals surface area (Å²) in [6.45, 7) is 0. The lowest BCUT2D eigenvalue weighted by Gasteiger charge is -2.22. The summed E-state index contributed by atoms with van der Waals surface area (Å²) < 4.78 is 6.96. The average molecular weight is 309 g/mol. The summed E-state index contributed by atoms with van der Waals surface area (Å²) in [6, 6.07) is 14.0. The molecule has 3 rings (SSSR count). The highest BCUT2D eigenvalue weighted by Crippen LogP contribution is 2.43. The number of ether oxygens (including phenoxy) is 1. The van der Waals surface area contributed by atoms with Gasteiger partial charge in [0.15, 0.2) is 11.5 Å². The normalized spacial score (nSPS) is 12.1. The molecule has 1 aliphatic rings. The topological polar surface area (TPSA) is 21.3 Å². The molecule has 15 heavy (non-hydrogen) atoms.